The van der Waals surface area contributed by atoms with Crippen LogP contribution in [0.2, 0.25) is 10.0 Å². The Kier molecular flexibility index (Phi) is 9.85. The number of hydrogen-bond donors (Lipinski definition) is 2. The van der Waals surface area contributed by atoms with Gasteiger partial charge in [0.25, 0.3) is 5.91 Å². The van der Waals surface area contributed by atoms with Crippen LogP contribution in [-0.4, -0.2) is 74.1 Å². The second-order valence-electron chi connectivity index (χ2n) is 11.5. The lowest BCUT2D eigenvalue weighted by Gasteiger charge is -2.46. The minimum absolute atomic E-state index is 0.0985. The number of amides is 3. The van der Waals surface area contributed by atoms with Crippen LogP contribution in [0.1, 0.15) is 43.1 Å². The fraction of sp³-hybridized carbons (Fsp3) is 0.484. The quantitative estimate of drug-likeness (QED) is 0.434. The molecule has 42 heavy (non-hydrogen) atoms. The standard InChI is InChI=1S/C31H37Cl2N3O6/c1-30(2)20(26(37)34-23(28(39)41-4)17-19-9-6-5-7-10-19)18-24(31(30,3)29(40)36-13-15-42-16-14-36)35-27(38)25-21(32)11-8-12-22(25)33/h5-12,20,23-24H,13-18H2,1-4H3,(H,34,37)(H,35,38)/t20-,23?,24-,31+/m1/s1. The van der Waals surface area contributed by atoms with Gasteiger partial charge in [0.15, 0.2) is 0 Å². The lowest BCUT2D eigenvalue weighted by Crippen LogP contribution is -2.59. The fourth-order valence-corrected chi connectivity index (χ4v) is 6.71. The van der Waals surface area contributed by atoms with Crippen LogP contribution < -0.4 is 10.6 Å². The van der Waals surface area contributed by atoms with Crippen LogP contribution in [0.5, 0.6) is 0 Å². The number of halogens is 2. The van der Waals surface area contributed by atoms with Crippen molar-refractivity contribution in [1.82, 2.24) is 15.5 Å². The van der Waals surface area contributed by atoms with Gasteiger partial charge in [-0.15, -0.1) is 0 Å². The van der Waals surface area contributed by atoms with Crippen molar-refractivity contribution < 1.29 is 28.7 Å². The first-order chi connectivity index (χ1) is 19.9. The molecule has 1 heterocycles. The normalized spacial score (nSPS) is 24.0. The zero-order valence-corrected chi connectivity index (χ0v) is 25.8. The number of benzene rings is 2. The van der Waals surface area contributed by atoms with E-state index in [2.05, 4.69) is 10.6 Å². The summed E-state index contributed by atoms with van der Waals surface area (Å²) in [4.78, 5) is 56.2. The predicted molar refractivity (Wildman–Crippen MR) is 159 cm³/mol. The Hall–Kier alpha value is -3.14. The molecule has 3 amide bonds. The van der Waals surface area contributed by atoms with E-state index >= 15 is 0 Å². The summed E-state index contributed by atoms with van der Waals surface area (Å²) in [5, 5.41) is 6.23. The van der Waals surface area contributed by atoms with E-state index in [0.29, 0.717) is 26.3 Å². The summed E-state index contributed by atoms with van der Waals surface area (Å²) in [6, 6.07) is 12.4. The Morgan fingerprint density at radius 1 is 1.00 bits per heavy atom. The Morgan fingerprint density at radius 3 is 2.21 bits per heavy atom. The summed E-state index contributed by atoms with van der Waals surface area (Å²) >= 11 is 12.7. The summed E-state index contributed by atoms with van der Waals surface area (Å²) < 4.78 is 10.5. The van der Waals surface area contributed by atoms with Crippen molar-refractivity contribution in [2.24, 2.45) is 16.7 Å². The average molecular weight is 619 g/mol. The molecule has 1 unspecified atom stereocenters. The molecule has 0 aromatic heterocycles. The first kappa shape index (κ1) is 31.8. The maximum Gasteiger partial charge on any atom is 0.328 e. The van der Waals surface area contributed by atoms with E-state index in [1.165, 1.54) is 7.11 Å². The highest BCUT2D eigenvalue weighted by Gasteiger charge is 2.64. The van der Waals surface area contributed by atoms with Crippen molar-refractivity contribution in [2.45, 2.75) is 45.7 Å². The molecule has 11 heteroatoms. The lowest BCUT2D eigenvalue weighted by molar-refractivity contribution is -0.154. The Morgan fingerprint density at radius 2 is 1.62 bits per heavy atom. The summed E-state index contributed by atoms with van der Waals surface area (Å²) in [5.74, 6) is -2.43. The molecule has 2 N–H and O–H groups in total. The number of ether oxygens (including phenoxy) is 2. The molecule has 1 aliphatic heterocycles. The number of nitrogens with zero attached hydrogens (tertiary/aromatic N) is 1. The number of carbonyl (C=O) groups is 4. The molecule has 0 radical (unpaired) electrons. The molecular formula is C31H37Cl2N3O6. The van der Waals surface area contributed by atoms with Gasteiger partial charge in [0.05, 0.1) is 41.3 Å². The highest BCUT2D eigenvalue weighted by Crippen LogP contribution is 2.57. The molecular weight excluding hydrogens is 581 g/mol. The summed E-state index contributed by atoms with van der Waals surface area (Å²) in [6.07, 6.45) is 0.389. The van der Waals surface area contributed by atoms with Crippen molar-refractivity contribution in [3.63, 3.8) is 0 Å². The Balaban J connectivity index is 1.67. The lowest BCUT2D eigenvalue weighted by atomic mass is 9.63. The molecule has 1 aliphatic carbocycles. The molecule has 9 nitrogen and oxygen atoms in total. The molecule has 4 atom stereocenters. The number of carbonyl (C=O) groups excluding carboxylic acids is 4. The third-order valence-corrected chi connectivity index (χ3v) is 9.65. The summed E-state index contributed by atoms with van der Waals surface area (Å²) in [7, 11) is 1.27. The minimum atomic E-state index is -1.20. The average Bonchev–Trinajstić information content (AvgIpc) is 3.18. The third kappa shape index (κ3) is 6.14. The molecule has 2 aromatic carbocycles. The van der Waals surface area contributed by atoms with Crippen LogP contribution in [0.4, 0.5) is 0 Å². The fourth-order valence-electron chi connectivity index (χ4n) is 6.14. The van der Waals surface area contributed by atoms with Crippen LogP contribution >= 0.6 is 23.2 Å². The number of rotatable bonds is 8. The largest absolute Gasteiger partial charge is 0.467 e. The van der Waals surface area contributed by atoms with Gasteiger partial charge in [-0.3, -0.25) is 14.4 Å². The van der Waals surface area contributed by atoms with Crippen molar-refractivity contribution in [2.75, 3.05) is 33.4 Å². The zero-order valence-electron chi connectivity index (χ0n) is 24.2. The van der Waals surface area contributed by atoms with Gasteiger partial charge in [0.2, 0.25) is 11.8 Å². The second-order valence-corrected chi connectivity index (χ2v) is 12.3. The van der Waals surface area contributed by atoms with Gasteiger partial charge >= 0.3 is 5.97 Å². The van der Waals surface area contributed by atoms with Gasteiger partial charge < -0.3 is 25.0 Å². The molecule has 226 valence electrons. The van der Waals surface area contributed by atoms with E-state index in [1.54, 1.807) is 30.0 Å². The first-order valence-corrected chi connectivity index (χ1v) is 14.7. The van der Waals surface area contributed by atoms with Crippen LogP contribution in [0.25, 0.3) is 0 Å². The van der Waals surface area contributed by atoms with Crippen LogP contribution in [0.3, 0.4) is 0 Å². The molecule has 2 fully saturated rings. The first-order valence-electron chi connectivity index (χ1n) is 14.0. The predicted octanol–water partition coefficient (Wildman–Crippen LogP) is 3.90. The third-order valence-electron chi connectivity index (χ3n) is 9.02. The van der Waals surface area contributed by atoms with E-state index in [9.17, 15) is 19.2 Å². The van der Waals surface area contributed by atoms with Gasteiger partial charge in [-0.2, -0.15) is 0 Å². The maximum atomic E-state index is 14.2. The molecule has 1 saturated carbocycles. The molecule has 2 aromatic rings. The summed E-state index contributed by atoms with van der Waals surface area (Å²) in [5.41, 5.74) is -1.19. The number of hydrogen-bond acceptors (Lipinski definition) is 6. The minimum Gasteiger partial charge on any atom is -0.467 e. The second kappa shape index (κ2) is 13.0. The SMILES string of the molecule is COC(=O)C(Cc1ccccc1)NC(=O)[C@H]1C[C@@H](NC(=O)c2c(Cl)cccc2Cl)[C@@](C)(C(=O)N2CCOCC2)C1(C)C. The topological polar surface area (TPSA) is 114 Å². The number of morpholine rings is 1. The van der Waals surface area contributed by atoms with E-state index in [1.807, 2.05) is 44.2 Å². The van der Waals surface area contributed by atoms with Gasteiger partial charge in [-0.25, -0.2) is 4.79 Å². The molecule has 0 bridgehead atoms. The van der Waals surface area contributed by atoms with Crippen molar-refractivity contribution >= 4 is 46.9 Å². The van der Waals surface area contributed by atoms with Gasteiger partial charge in [-0.1, -0.05) is 73.4 Å². The van der Waals surface area contributed by atoms with E-state index in [-0.39, 0.29) is 34.4 Å². The smallest absolute Gasteiger partial charge is 0.328 e. The number of nitrogens with one attached hydrogen (secondary N) is 2. The maximum absolute atomic E-state index is 14.2. The van der Waals surface area contributed by atoms with Crippen LogP contribution in [-0.2, 0) is 30.3 Å². The highest BCUT2D eigenvalue weighted by molar-refractivity contribution is 6.39. The zero-order chi connectivity index (χ0) is 30.7. The van der Waals surface area contributed by atoms with Crippen molar-refractivity contribution in [1.29, 1.82) is 0 Å². The Bertz CT molecular complexity index is 1310. The number of methoxy groups -OCH3 is 1. The molecule has 4 rings (SSSR count). The van der Waals surface area contributed by atoms with E-state index in [4.69, 9.17) is 32.7 Å². The Labute approximate surface area is 256 Å². The van der Waals surface area contributed by atoms with Gasteiger partial charge in [-0.05, 0) is 36.5 Å². The molecule has 0 spiro atoms. The molecule has 2 aliphatic rings. The van der Waals surface area contributed by atoms with E-state index in [0.717, 1.165) is 5.56 Å². The van der Waals surface area contributed by atoms with Crippen LogP contribution in [0, 0.1) is 16.7 Å². The van der Waals surface area contributed by atoms with Crippen molar-refractivity contribution in [3.05, 3.63) is 69.7 Å². The van der Waals surface area contributed by atoms with E-state index < -0.39 is 46.6 Å². The summed E-state index contributed by atoms with van der Waals surface area (Å²) in [6.45, 7) is 7.11. The molecule has 1 saturated heterocycles. The van der Waals surface area contributed by atoms with Crippen molar-refractivity contribution in [3.8, 4) is 0 Å². The van der Waals surface area contributed by atoms with Gasteiger partial charge in [0, 0.05) is 31.5 Å². The van der Waals surface area contributed by atoms with Gasteiger partial charge in [0.1, 0.15) is 6.04 Å². The number of esters is 1. The monoisotopic (exact) mass is 617 g/mol. The van der Waals surface area contributed by atoms with Crippen LogP contribution in [0.15, 0.2) is 48.5 Å². The highest BCUT2D eigenvalue weighted by atomic mass is 35.5.